The van der Waals surface area contributed by atoms with Crippen LogP contribution in [-0.2, 0) is 27.3 Å². The SMILES string of the molecule is COC(=O)NC(CC/C=C/C(=O)N(C)C)C(=O)Nc1ccc(Cl)n(Cc2nc3ncc(F)c(CC(C)C)c3[nH]2)c1=O. The number of likely N-dealkylation sites (N-methyl/N-ethyl adjacent to an activating group) is 1. The first-order valence-corrected chi connectivity index (χ1v) is 13.2. The second kappa shape index (κ2) is 13.9. The summed E-state index contributed by atoms with van der Waals surface area (Å²) in [5.41, 5.74) is 0.494. The Morgan fingerprint density at radius 2 is 2.00 bits per heavy atom. The number of rotatable bonds is 11. The second-order valence-electron chi connectivity index (χ2n) is 9.92. The fourth-order valence-electron chi connectivity index (χ4n) is 3.95. The number of methoxy groups -OCH3 is 1. The number of carbonyl (C=O) groups excluding carboxylic acids is 3. The number of alkyl carbamates (subject to hydrolysis) is 1. The van der Waals surface area contributed by atoms with Crippen LogP contribution in [0.1, 0.15) is 38.1 Å². The Kier molecular flexibility index (Phi) is 10.6. The van der Waals surface area contributed by atoms with Crippen molar-refractivity contribution in [3.63, 3.8) is 0 Å². The summed E-state index contributed by atoms with van der Waals surface area (Å²) < 4.78 is 20.3. The van der Waals surface area contributed by atoms with Crippen LogP contribution in [0.4, 0.5) is 14.9 Å². The maximum atomic E-state index is 14.5. The van der Waals surface area contributed by atoms with Crippen molar-refractivity contribution in [2.24, 2.45) is 5.92 Å². The molecular weight excluding hydrogens is 557 g/mol. The van der Waals surface area contributed by atoms with E-state index in [0.29, 0.717) is 29.0 Å². The standard InChI is InChI=1S/C27H33ClFN7O5/c1-15(2)12-16-17(29)13-30-24-23(16)33-21(34-24)14-36-20(28)11-10-19(26(36)39)31-25(38)18(32-27(40)41-5)8-6-7-9-22(37)35(3)4/h7,9-11,13,15,18H,6,8,12,14H2,1-5H3,(H,31,38)(H,32,40)(H,30,33,34)/b9-7+. The van der Waals surface area contributed by atoms with Gasteiger partial charge in [-0.2, -0.15) is 0 Å². The Bertz CT molecular complexity index is 1520. The Labute approximate surface area is 240 Å². The van der Waals surface area contributed by atoms with Crippen LogP contribution >= 0.6 is 11.6 Å². The zero-order valence-corrected chi connectivity index (χ0v) is 24.2. The van der Waals surface area contributed by atoms with Crippen LogP contribution in [-0.4, -0.2) is 69.6 Å². The van der Waals surface area contributed by atoms with Gasteiger partial charge < -0.3 is 25.3 Å². The maximum absolute atomic E-state index is 14.5. The average Bonchev–Trinajstić information content (AvgIpc) is 3.34. The third-order valence-electron chi connectivity index (χ3n) is 6.04. The van der Waals surface area contributed by atoms with Gasteiger partial charge in [-0.3, -0.25) is 19.0 Å². The fourth-order valence-corrected chi connectivity index (χ4v) is 4.15. The molecule has 3 aromatic rings. The molecule has 0 aliphatic heterocycles. The third kappa shape index (κ3) is 8.13. The number of aromatic nitrogens is 4. The molecule has 0 aliphatic rings. The summed E-state index contributed by atoms with van der Waals surface area (Å²) in [7, 11) is 4.37. The molecule has 12 nitrogen and oxygen atoms in total. The minimum Gasteiger partial charge on any atom is -0.453 e. The van der Waals surface area contributed by atoms with Gasteiger partial charge in [0.15, 0.2) is 5.65 Å². The highest BCUT2D eigenvalue weighted by atomic mass is 35.5. The fraction of sp³-hybridized carbons (Fsp3) is 0.407. The molecule has 3 rings (SSSR count). The smallest absolute Gasteiger partial charge is 0.407 e. The molecule has 0 radical (unpaired) electrons. The van der Waals surface area contributed by atoms with Crippen LogP contribution in [0.25, 0.3) is 11.2 Å². The van der Waals surface area contributed by atoms with Gasteiger partial charge in [0.2, 0.25) is 11.8 Å². The maximum Gasteiger partial charge on any atom is 0.407 e. The first-order valence-electron chi connectivity index (χ1n) is 12.9. The number of anilines is 1. The number of hydrogen-bond acceptors (Lipinski definition) is 7. The molecule has 14 heteroatoms. The molecule has 3 heterocycles. The van der Waals surface area contributed by atoms with Gasteiger partial charge in [-0.25, -0.2) is 19.2 Å². The lowest BCUT2D eigenvalue weighted by Crippen LogP contribution is -2.44. The molecule has 3 N–H and O–H groups in total. The van der Waals surface area contributed by atoms with Gasteiger partial charge in [0.1, 0.15) is 28.5 Å². The number of nitrogens with zero attached hydrogens (tertiary/aromatic N) is 4. The lowest BCUT2D eigenvalue weighted by molar-refractivity contribution is -0.123. The predicted molar refractivity (Wildman–Crippen MR) is 152 cm³/mol. The van der Waals surface area contributed by atoms with E-state index in [0.717, 1.165) is 13.3 Å². The van der Waals surface area contributed by atoms with E-state index >= 15 is 0 Å². The van der Waals surface area contributed by atoms with E-state index in [2.05, 4.69) is 30.3 Å². The Morgan fingerprint density at radius 3 is 2.66 bits per heavy atom. The second-order valence-corrected chi connectivity index (χ2v) is 10.3. The van der Waals surface area contributed by atoms with E-state index in [1.54, 1.807) is 20.2 Å². The summed E-state index contributed by atoms with van der Waals surface area (Å²) >= 11 is 6.32. The minimum absolute atomic E-state index is 0.0786. The van der Waals surface area contributed by atoms with E-state index in [1.807, 2.05) is 13.8 Å². The van der Waals surface area contributed by atoms with Crippen LogP contribution in [0.5, 0.6) is 0 Å². The van der Waals surface area contributed by atoms with Gasteiger partial charge in [0.05, 0.1) is 25.4 Å². The van der Waals surface area contributed by atoms with Gasteiger partial charge in [-0.15, -0.1) is 0 Å². The van der Waals surface area contributed by atoms with Crippen molar-refractivity contribution < 1.29 is 23.5 Å². The van der Waals surface area contributed by atoms with Crippen LogP contribution in [0.3, 0.4) is 0 Å². The zero-order chi connectivity index (χ0) is 30.3. The molecule has 220 valence electrons. The summed E-state index contributed by atoms with van der Waals surface area (Å²) in [5.74, 6) is -0.838. The number of allylic oxidation sites excluding steroid dienone is 1. The van der Waals surface area contributed by atoms with Crippen molar-refractivity contribution >= 4 is 46.4 Å². The summed E-state index contributed by atoms with van der Waals surface area (Å²) in [6.07, 6.45) is 4.11. The summed E-state index contributed by atoms with van der Waals surface area (Å²) in [4.78, 5) is 62.8. The van der Waals surface area contributed by atoms with Crippen LogP contribution in [0.2, 0.25) is 5.15 Å². The number of pyridine rings is 2. The van der Waals surface area contributed by atoms with Crippen molar-refractivity contribution in [1.82, 2.24) is 29.7 Å². The summed E-state index contributed by atoms with van der Waals surface area (Å²) in [6, 6.07) is 1.71. The molecule has 0 fully saturated rings. The highest BCUT2D eigenvalue weighted by Crippen LogP contribution is 2.22. The number of nitrogens with one attached hydrogen (secondary N) is 3. The van der Waals surface area contributed by atoms with Crippen LogP contribution in [0, 0.1) is 11.7 Å². The minimum atomic E-state index is -1.07. The topological polar surface area (TPSA) is 151 Å². The molecule has 0 saturated carbocycles. The highest BCUT2D eigenvalue weighted by molar-refractivity contribution is 6.29. The molecule has 0 aliphatic carbocycles. The molecule has 3 aromatic heterocycles. The van der Waals surface area contributed by atoms with Crippen LogP contribution in [0.15, 0.2) is 35.3 Å². The van der Waals surface area contributed by atoms with Crippen molar-refractivity contribution in [2.45, 2.75) is 45.7 Å². The summed E-state index contributed by atoms with van der Waals surface area (Å²) in [5, 5.41) is 5.04. The van der Waals surface area contributed by atoms with Gasteiger partial charge in [-0.05, 0) is 43.4 Å². The molecule has 1 atom stereocenters. The van der Waals surface area contributed by atoms with Crippen molar-refractivity contribution in [3.8, 4) is 0 Å². The number of aromatic amines is 1. The Balaban J connectivity index is 1.83. The van der Waals surface area contributed by atoms with E-state index < -0.39 is 29.4 Å². The van der Waals surface area contributed by atoms with Crippen molar-refractivity contribution in [3.05, 3.63) is 63.2 Å². The number of fused-ring (bicyclic) bond motifs is 1. The molecule has 1 unspecified atom stereocenters. The Morgan fingerprint density at radius 1 is 1.27 bits per heavy atom. The molecule has 0 spiro atoms. The van der Waals surface area contributed by atoms with Gasteiger partial charge >= 0.3 is 6.09 Å². The molecule has 0 saturated heterocycles. The predicted octanol–water partition coefficient (Wildman–Crippen LogP) is 3.25. The Hall–Kier alpha value is -4.26. The van der Waals surface area contributed by atoms with E-state index in [1.165, 1.54) is 27.7 Å². The molecule has 0 aromatic carbocycles. The molecule has 3 amide bonds. The first kappa shape index (κ1) is 31.3. The van der Waals surface area contributed by atoms with E-state index in [9.17, 15) is 23.6 Å². The van der Waals surface area contributed by atoms with Gasteiger partial charge in [0.25, 0.3) is 5.56 Å². The number of H-pyrrole nitrogens is 1. The van der Waals surface area contributed by atoms with Crippen molar-refractivity contribution in [1.29, 1.82) is 0 Å². The monoisotopic (exact) mass is 589 g/mol. The molecule has 0 bridgehead atoms. The quantitative estimate of drug-likeness (QED) is 0.229. The van der Waals surface area contributed by atoms with Crippen LogP contribution < -0.4 is 16.2 Å². The number of carbonyl (C=O) groups is 3. The largest absolute Gasteiger partial charge is 0.453 e. The van der Waals surface area contributed by atoms with E-state index in [-0.39, 0.29) is 42.1 Å². The van der Waals surface area contributed by atoms with E-state index in [4.69, 9.17) is 11.6 Å². The van der Waals surface area contributed by atoms with Gasteiger partial charge in [0, 0.05) is 19.7 Å². The van der Waals surface area contributed by atoms with Crippen molar-refractivity contribution in [2.75, 3.05) is 26.5 Å². The normalized spacial score (nSPS) is 12.1. The first-order chi connectivity index (χ1) is 19.4. The number of halogens is 2. The van der Waals surface area contributed by atoms with Gasteiger partial charge in [-0.1, -0.05) is 31.5 Å². The molecule has 41 heavy (non-hydrogen) atoms. The highest BCUT2D eigenvalue weighted by Gasteiger charge is 2.23. The summed E-state index contributed by atoms with van der Waals surface area (Å²) in [6.45, 7) is 3.83. The third-order valence-corrected chi connectivity index (χ3v) is 6.37. The lowest BCUT2D eigenvalue weighted by Gasteiger charge is -2.17. The number of ether oxygens (including phenoxy) is 1. The average molecular weight is 590 g/mol. The lowest BCUT2D eigenvalue weighted by atomic mass is 10.0. The molecular formula is C27H33ClFN7O5. The number of hydrogen-bond donors (Lipinski definition) is 3. The number of amides is 3. The zero-order valence-electron chi connectivity index (χ0n) is 23.5. The number of imidazole rings is 1.